The van der Waals surface area contributed by atoms with Gasteiger partial charge >= 0.3 is 0 Å². The molecule has 0 bridgehead atoms. The van der Waals surface area contributed by atoms with Gasteiger partial charge in [0.05, 0.1) is 30.9 Å². The van der Waals surface area contributed by atoms with Gasteiger partial charge in [-0.3, -0.25) is 4.79 Å². The van der Waals surface area contributed by atoms with Gasteiger partial charge in [-0.2, -0.15) is 0 Å². The molecule has 2 aliphatic rings. The Morgan fingerprint density at radius 2 is 1.84 bits per heavy atom. The lowest BCUT2D eigenvalue weighted by Crippen LogP contribution is -2.32. The average Bonchev–Trinajstić information content (AvgIpc) is 2.88. The predicted molar refractivity (Wildman–Crippen MR) is 93.8 cm³/mol. The van der Waals surface area contributed by atoms with E-state index in [1.807, 2.05) is 24.3 Å². The maximum atomic E-state index is 12.7. The lowest BCUT2D eigenvalue weighted by atomic mass is 10.00. The van der Waals surface area contributed by atoms with Gasteiger partial charge in [0.2, 0.25) is 0 Å². The minimum Gasteiger partial charge on any atom is -0.493 e. The Kier molecular flexibility index (Phi) is 4.40. The van der Waals surface area contributed by atoms with Crippen molar-refractivity contribution in [3.05, 3.63) is 52.5 Å². The van der Waals surface area contributed by atoms with Crippen LogP contribution in [0.3, 0.4) is 0 Å². The van der Waals surface area contributed by atoms with Crippen molar-refractivity contribution < 1.29 is 19.0 Å². The van der Waals surface area contributed by atoms with E-state index in [4.69, 9.17) is 25.8 Å². The number of carbonyl (C=O) groups is 1. The van der Waals surface area contributed by atoms with Gasteiger partial charge in [0, 0.05) is 24.0 Å². The molecule has 0 aromatic heterocycles. The molecule has 0 spiro atoms. The number of carbonyl (C=O) groups excluding carboxylic acids is 1. The van der Waals surface area contributed by atoms with E-state index in [0.717, 1.165) is 24.2 Å². The lowest BCUT2D eigenvalue weighted by molar-refractivity contribution is 0.0924. The SMILES string of the molecule is O=C(N[C@@H]1CCOc2ccccc21)c1cc(Cl)c2c(c1)OCCCO2. The Hall–Kier alpha value is -2.40. The van der Waals surface area contributed by atoms with Crippen LogP contribution in [-0.2, 0) is 0 Å². The van der Waals surface area contributed by atoms with E-state index in [1.165, 1.54) is 0 Å². The van der Waals surface area contributed by atoms with Crippen LogP contribution in [0.15, 0.2) is 36.4 Å². The minimum absolute atomic E-state index is 0.0906. The Morgan fingerprint density at radius 3 is 2.76 bits per heavy atom. The van der Waals surface area contributed by atoms with Gasteiger partial charge in [0.25, 0.3) is 5.91 Å². The molecule has 1 atom stereocenters. The third-order valence-electron chi connectivity index (χ3n) is 4.33. The molecule has 2 aliphatic heterocycles. The summed E-state index contributed by atoms with van der Waals surface area (Å²) in [5.74, 6) is 1.64. The highest BCUT2D eigenvalue weighted by Gasteiger charge is 2.24. The number of ether oxygens (including phenoxy) is 3. The van der Waals surface area contributed by atoms with E-state index >= 15 is 0 Å². The number of amides is 1. The van der Waals surface area contributed by atoms with Crippen LogP contribution in [0.5, 0.6) is 17.2 Å². The number of hydrogen-bond acceptors (Lipinski definition) is 4. The van der Waals surface area contributed by atoms with Gasteiger partial charge in [0.1, 0.15) is 5.75 Å². The molecule has 6 heteroatoms. The third kappa shape index (κ3) is 3.24. The van der Waals surface area contributed by atoms with Gasteiger partial charge < -0.3 is 19.5 Å². The fourth-order valence-corrected chi connectivity index (χ4v) is 3.36. The van der Waals surface area contributed by atoms with E-state index in [0.29, 0.717) is 41.9 Å². The molecule has 0 saturated carbocycles. The van der Waals surface area contributed by atoms with Gasteiger partial charge in [-0.15, -0.1) is 0 Å². The van der Waals surface area contributed by atoms with Crippen molar-refractivity contribution in [2.75, 3.05) is 19.8 Å². The molecule has 2 aromatic rings. The number of benzene rings is 2. The molecular weight excluding hydrogens is 342 g/mol. The summed E-state index contributed by atoms with van der Waals surface area (Å²) in [4.78, 5) is 12.7. The van der Waals surface area contributed by atoms with Crippen molar-refractivity contribution in [1.82, 2.24) is 5.32 Å². The van der Waals surface area contributed by atoms with Crippen molar-refractivity contribution in [3.8, 4) is 17.2 Å². The molecular formula is C19H18ClNO4. The second-order valence-corrected chi connectivity index (χ2v) is 6.44. The quantitative estimate of drug-likeness (QED) is 0.887. The van der Waals surface area contributed by atoms with Crippen LogP contribution >= 0.6 is 11.6 Å². The molecule has 0 aliphatic carbocycles. The molecule has 0 unspecified atom stereocenters. The number of rotatable bonds is 2. The summed E-state index contributed by atoms with van der Waals surface area (Å²) in [6.45, 7) is 1.67. The standard InChI is InChI=1S/C19H18ClNO4/c20-14-10-12(11-17-18(14)25-8-3-7-23-17)19(22)21-15-6-9-24-16-5-2-1-4-13(15)16/h1-2,4-5,10-11,15H,3,6-9H2,(H,21,22)/t15-/m1/s1. The summed E-state index contributed by atoms with van der Waals surface area (Å²) in [6.07, 6.45) is 1.51. The molecule has 2 heterocycles. The minimum atomic E-state index is -0.195. The Labute approximate surface area is 150 Å². The first-order chi connectivity index (χ1) is 12.2. The van der Waals surface area contributed by atoms with E-state index in [2.05, 4.69) is 5.32 Å². The summed E-state index contributed by atoms with van der Waals surface area (Å²) in [7, 11) is 0. The molecule has 1 N–H and O–H groups in total. The van der Waals surface area contributed by atoms with Crippen LogP contribution in [0.25, 0.3) is 0 Å². The molecule has 130 valence electrons. The fraction of sp³-hybridized carbons (Fsp3) is 0.316. The maximum absolute atomic E-state index is 12.7. The summed E-state index contributed by atoms with van der Waals surface area (Å²) in [5.41, 5.74) is 1.45. The maximum Gasteiger partial charge on any atom is 0.251 e. The number of nitrogens with one attached hydrogen (secondary N) is 1. The van der Waals surface area contributed by atoms with Gasteiger partial charge in [-0.25, -0.2) is 0 Å². The first kappa shape index (κ1) is 16.1. The van der Waals surface area contributed by atoms with E-state index in [-0.39, 0.29) is 11.9 Å². The summed E-state index contributed by atoms with van der Waals surface area (Å²) in [5, 5.41) is 3.45. The molecule has 0 saturated heterocycles. The Balaban J connectivity index is 1.58. The van der Waals surface area contributed by atoms with Crippen LogP contribution in [0, 0.1) is 0 Å². The van der Waals surface area contributed by atoms with Crippen LogP contribution in [0.4, 0.5) is 0 Å². The van der Waals surface area contributed by atoms with Crippen LogP contribution in [0.2, 0.25) is 5.02 Å². The molecule has 0 fully saturated rings. The first-order valence-corrected chi connectivity index (χ1v) is 8.72. The average molecular weight is 360 g/mol. The van der Waals surface area contributed by atoms with Gasteiger partial charge in [-0.05, 0) is 18.2 Å². The highest BCUT2D eigenvalue weighted by molar-refractivity contribution is 6.32. The van der Waals surface area contributed by atoms with Crippen LogP contribution in [0.1, 0.15) is 34.8 Å². The zero-order valence-electron chi connectivity index (χ0n) is 13.6. The highest BCUT2D eigenvalue weighted by Crippen LogP contribution is 2.38. The topological polar surface area (TPSA) is 56.8 Å². The third-order valence-corrected chi connectivity index (χ3v) is 4.61. The molecule has 0 radical (unpaired) electrons. The molecule has 1 amide bonds. The Morgan fingerprint density at radius 1 is 1.04 bits per heavy atom. The lowest BCUT2D eigenvalue weighted by Gasteiger charge is -2.26. The van der Waals surface area contributed by atoms with Crippen molar-refractivity contribution >= 4 is 17.5 Å². The molecule has 25 heavy (non-hydrogen) atoms. The Bertz CT molecular complexity index is 808. The van der Waals surface area contributed by atoms with E-state index in [1.54, 1.807) is 12.1 Å². The zero-order valence-corrected chi connectivity index (χ0v) is 14.3. The van der Waals surface area contributed by atoms with Crippen molar-refractivity contribution in [1.29, 1.82) is 0 Å². The van der Waals surface area contributed by atoms with E-state index in [9.17, 15) is 4.79 Å². The smallest absolute Gasteiger partial charge is 0.251 e. The summed E-state index contributed by atoms with van der Waals surface area (Å²) >= 11 is 6.28. The van der Waals surface area contributed by atoms with Crippen molar-refractivity contribution in [2.24, 2.45) is 0 Å². The number of fused-ring (bicyclic) bond motifs is 2. The second-order valence-electron chi connectivity index (χ2n) is 6.04. The second kappa shape index (κ2) is 6.84. The van der Waals surface area contributed by atoms with Gasteiger partial charge in [-0.1, -0.05) is 29.8 Å². The van der Waals surface area contributed by atoms with Crippen LogP contribution < -0.4 is 19.5 Å². The number of halogens is 1. The van der Waals surface area contributed by atoms with Gasteiger partial charge in [0.15, 0.2) is 11.5 Å². The summed E-state index contributed by atoms with van der Waals surface area (Å²) < 4.78 is 16.9. The molecule has 2 aromatic carbocycles. The monoisotopic (exact) mass is 359 g/mol. The largest absolute Gasteiger partial charge is 0.493 e. The van der Waals surface area contributed by atoms with E-state index < -0.39 is 0 Å². The predicted octanol–water partition coefficient (Wildman–Crippen LogP) is 3.75. The summed E-state index contributed by atoms with van der Waals surface area (Å²) in [6, 6.07) is 11.0. The normalized spacial score (nSPS) is 18.5. The van der Waals surface area contributed by atoms with Crippen LogP contribution in [-0.4, -0.2) is 25.7 Å². The molecule has 4 rings (SSSR count). The van der Waals surface area contributed by atoms with Crippen molar-refractivity contribution in [3.63, 3.8) is 0 Å². The highest BCUT2D eigenvalue weighted by atomic mass is 35.5. The van der Waals surface area contributed by atoms with Crippen molar-refractivity contribution in [2.45, 2.75) is 18.9 Å². The molecule has 5 nitrogen and oxygen atoms in total. The first-order valence-electron chi connectivity index (χ1n) is 8.34. The number of para-hydroxylation sites is 1. The zero-order chi connectivity index (χ0) is 17.2. The fourth-order valence-electron chi connectivity index (χ4n) is 3.10. The number of hydrogen-bond donors (Lipinski definition) is 1.